The van der Waals surface area contributed by atoms with E-state index >= 15 is 0 Å². The smallest absolute Gasteiger partial charge is 0.211 e. The second-order valence-corrected chi connectivity index (χ2v) is 9.32. The van der Waals surface area contributed by atoms with E-state index in [1.165, 1.54) is 0 Å². The summed E-state index contributed by atoms with van der Waals surface area (Å²) in [5, 5.41) is 0. The van der Waals surface area contributed by atoms with Crippen LogP contribution in [0.1, 0.15) is 19.3 Å². The maximum atomic E-state index is 12.3. The van der Waals surface area contributed by atoms with Crippen molar-refractivity contribution in [3.8, 4) is 0 Å². The van der Waals surface area contributed by atoms with Crippen molar-refractivity contribution in [2.24, 2.45) is 5.92 Å². The molecule has 3 nitrogen and oxygen atoms in total. The van der Waals surface area contributed by atoms with Gasteiger partial charge in [0.15, 0.2) is 0 Å². The summed E-state index contributed by atoms with van der Waals surface area (Å²) in [5.74, 6) is 0.376. The van der Waals surface area contributed by atoms with Gasteiger partial charge in [-0.25, -0.2) is 13.1 Å². The zero-order chi connectivity index (χ0) is 14.0. The van der Waals surface area contributed by atoms with Crippen LogP contribution in [0.25, 0.3) is 0 Å². The molecule has 0 saturated heterocycles. The van der Waals surface area contributed by atoms with E-state index < -0.39 is 10.0 Å². The van der Waals surface area contributed by atoms with Gasteiger partial charge in [-0.3, -0.25) is 0 Å². The molecule has 1 aliphatic rings. The Hall–Kier alpha value is 0.570. The van der Waals surface area contributed by atoms with E-state index in [-0.39, 0.29) is 4.90 Å². The summed E-state index contributed by atoms with van der Waals surface area (Å²) in [6.07, 6.45) is 3.34. The van der Waals surface area contributed by atoms with Crippen molar-refractivity contribution < 1.29 is 8.42 Å². The lowest BCUT2D eigenvalue weighted by Gasteiger charge is -2.15. The van der Waals surface area contributed by atoms with Gasteiger partial charge < -0.3 is 0 Å². The van der Waals surface area contributed by atoms with Crippen LogP contribution in [-0.4, -0.2) is 19.8 Å². The molecule has 2 unspecified atom stereocenters. The second-order valence-electron chi connectivity index (χ2n) is 4.63. The number of nitrogens with one attached hydrogen (secondary N) is 1. The molecule has 7 heteroatoms. The molecule has 1 saturated carbocycles. The summed E-state index contributed by atoms with van der Waals surface area (Å²) in [7, 11) is -3.47. The second kappa shape index (κ2) is 6.56. The van der Waals surface area contributed by atoms with Crippen LogP contribution in [0.3, 0.4) is 0 Å². The Morgan fingerprint density at radius 3 is 2.63 bits per heavy atom. The predicted molar refractivity (Wildman–Crippen MR) is 87.1 cm³/mol. The quantitative estimate of drug-likeness (QED) is 0.668. The molecule has 1 aromatic rings. The van der Waals surface area contributed by atoms with Crippen LogP contribution in [0.15, 0.2) is 32.0 Å². The summed E-state index contributed by atoms with van der Waals surface area (Å²) in [6, 6.07) is 5.13. The first kappa shape index (κ1) is 15.9. The van der Waals surface area contributed by atoms with Gasteiger partial charge in [0.1, 0.15) is 0 Å². The number of alkyl halides is 1. The van der Waals surface area contributed by atoms with Crippen molar-refractivity contribution in [2.45, 2.75) is 29.0 Å². The Kier molecular flexibility index (Phi) is 5.50. The van der Waals surface area contributed by atoms with Gasteiger partial charge in [0.25, 0.3) is 0 Å². The van der Waals surface area contributed by atoms with E-state index in [2.05, 4.69) is 52.5 Å². The molecule has 0 spiro atoms. The van der Waals surface area contributed by atoms with Crippen LogP contribution in [0.2, 0.25) is 0 Å². The maximum Gasteiger partial charge on any atom is 0.241 e. The highest BCUT2D eigenvalue weighted by Crippen LogP contribution is 2.31. The van der Waals surface area contributed by atoms with E-state index in [9.17, 15) is 8.42 Å². The van der Waals surface area contributed by atoms with Crippen molar-refractivity contribution in [1.82, 2.24) is 4.72 Å². The summed E-state index contributed by atoms with van der Waals surface area (Å²) < 4.78 is 28.6. The van der Waals surface area contributed by atoms with Crippen molar-refractivity contribution in [2.75, 3.05) is 6.54 Å². The van der Waals surface area contributed by atoms with Gasteiger partial charge in [-0.15, -0.1) is 0 Å². The zero-order valence-electron chi connectivity index (χ0n) is 10.1. The molecule has 0 amide bonds. The maximum absolute atomic E-state index is 12.3. The fourth-order valence-corrected chi connectivity index (χ4v) is 5.57. The Morgan fingerprint density at radius 1 is 1.26 bits per heavy atom. The number of hydrogen-bond donors (Lipinski definition) is 1. The normalized spacial score (nSPS) is 23.7. The van der Waals surface area contributed by atoms with E-state index in [1.807, 2.05) is 0 Å². The highest BCUT2D eigenvalue weighted by molar-refractivity contribution is 9.11. The third-order valence-electron chi connectivity index (χ3n) is 3.28. The van der Waals surface area contributed by atoms with Crippen LogP contribution < -0.4 is 4.72 Å². The average molecular weight is 476 g/mol. The molecular weight excluding hydrogens is 462 g/mol. The molecule has 1 aliphatic carbocycles. The van der Waals surface area contributed by atoms with E-state index in [4.69, 9.17) is 0 Å². The molecule has 19 heavy (non-hydrogen) atoms. The topological polar surface area (TPSA) is 46.2 Å². The van der Waals surface area contributed by atoms with Gasteiger partial charge in [0, 0.05) is 20.3 Å². The fraction of sp³-hybridized carbons (Fsp3) is 0.500. The predicted octanol–water partition coefficient (Wildman–Crippen LogP) is 4.05. The van der Waals surface area contributed by atoms with Crippen molar-refractivity contribution in [3.05, 3.63) is 27.1 Å². The number of benzene rings is 1. The summed E-state index contributed by atoms with van der Waals surface area (Å²) in [6.45, 7) is 0.483. The molecule has 0 aromatic heterocycles. The van der Waals surface area contributed by atoms with E-state index in [1.54, 1.807) is 18.2 Å². The molecule has 0 bridgehead atoms. The van der Waals surface area contributed by atoms with Gasteiger partial charge in [-0.05, 0) is 52.9 Å². The third-order valence-corrected chi connectivity index (χ3v) is 7.40. The Morgan fingerprint density at radius 2 is 2.00 bits per heavy atom. The molecule has 2 rings (SSSR count). The summed E-state index contributed by atoms with van der Waals surface area (Å²) >= 11 is 10.2. The lowest BCUT2D eigenvalue weighted by atomic mass is 10.1. The lowest BCUT2D eigenvalue weighted by Crippen LogP contribution is -2.31. The van der Waals surface area contributed by atoms with Crippen LogP contribution >= 0.6 is 47.8 Å². The van der Waals surface area contributed by atoms with Gasteiger partial charge in [0.2, 0.25) is 10.0 Å². The first-order chi connectivity index (χ1) is 8.90. The average Bonchev–Trinajstić information content (AvgIpc) is 2.75. The Labute approximate surface area is 139 Å². The largest absolute Gasteiger partial charge is 0.241 e. The first-order valence-corrected chi connectivity index (χ1v) is 9.97. The molecule has 1 aromatic carbocycles. The number of halogens is 3. The first-order valence-electron chi connectivity index (χ1n) is 5.99. The van der Waals surface area contributed by atoms with Gasteiger partial charge in [-0.1, -0.05) is 38.3 Å². The van der Waals surface area contributed by atoms with Crippen LogP contribution in [0.5, 0.6) is 0 Å². The number of sulfonamides is 1. The van der Waals surface area contributed by atoms with Gasteiger partial charge in [0.05, 0.1) is 4.90 Å². The van der Waals surface area contributed by atoms with Gasteiger partial charge >= 0.3 is 0 Å². The Balaban J connectivity index is 2.12. The fourth-order valence-electron chi connectivity index (χ4n) is 2.20. The lowest BCUT2D eigenvalue weighted by molar-refractivity contribution is 0.529. The minimum Gasteiger partial charge on any atom is -0.211 e. The third kappa shape index (κ3) is 4.03. The summed E-state index contributed by atoms with van der Waals surface area (Å²) in [4.78, 5) is 0.687. The highest BCUT2D eigenvalue weighted by atomic mass is 79.9. The van der Waals surface area contributed by atoms with Crippen molar-refractivity contribution >= 4 is 57.8 Å². The molecule has 0 heterocycles. The summed E-state index contributed by atoms with van der Waals surface area (Å²) in [5.41, 5.74) is 0. The molecule has 0 radical (unpaired) electrons. The standard InChI is InChI=1S/C12H14Br3NO2S/c13-9-4-5-11(15)12(6-9)19(17,18)16-7-8-2-1-3-10(8)14/h4-6,8,10,16H,1-3,7H2. The van der Waals surface area contributed by atoms with Crippen LogP contribution in [-0.2, 0) is 10.0 Å². The number of hydrogen-bond acceptors (Lipinski definition) is 2. The molecular formula is C12H14Br3NO2S. The molecule has 2 atom stereocenters. The van der Waals surface area contributed by atoms with Crippen molar-refractivity contribution in [3.63, 3.8) is 0 Å². The Bertz CT molecular complexity index is 562. The molecule has 1 N–H and O–H groups in total. The van der Waals surface area contributed by atoms with E-state index in [0.29, 0.717) is 21.8 Å². The van der Waals surface area contributed by atoms with Crippen LogP contribution in [0.4, 0.5) is 0 Å². The molecule has 106 valence electrons. The van der Waals surface area contributed by atoms with E-state index in [0.717, 1.165) is 23.7 Å². The molecule has 1 fully saturated rings. The highest BCUT2D eigenvalue weighted by Gasteiger charge is 2.27. The van der Waals surface area contributed by atoms with Crippen LogP contribution in [0, 0.1) is 5.92 Å². The van der Waals surface area contributed by atoms with Crippen molar-refractivity contribution in [1.29, 1.82) is 0 Å². The van der Waals surface area contributed by atoms with Gasteiger partial charge in [-0.2, -0.15) is 0 Å². The molecule has 0 aliphatic heterocycles. The number of rotatable bonds is 4. The SMILES string of the molecule is O=S(=O)(NCC1CCCC1Br)c1cc(Br)ccc1Br. The minimum absolute atomic E-state index is 0.269. The monoisotopic (exact) mass is 473 g/mol. The minimum atomic E-state index is -3.47. The zero-order valence-corrected chi connectivity index (χ0v) is 15.6.